The predicted molar refractivity (Wildman–Crippen MR) is 78.4 cm³/mol. The van der Waals surface area contributed by atoms with E-state index in [0.717, 1.165) is 0 Å². The van der Waals surface area contributed by atoms with E-state index in [9.17, 15) is 14.9 Å². The van der Waals surface area contributed by atoms with Crippen LogP contribution in [0, 0.1) is 10.1 Å². The predicted octanol–water partition coefficient (Wildman–Crippen LogP) is 2.78. The van der Waals surface area contributed by atoms with Crippen LogP contribution >= 0.6 is 0 Å². The first-order valence-electron chi connectivity index (χ1n) is 6.27. The van der Waals surface area contributed by atoms with Crippen LogP contribution in [0.3, 0.4) is 0 Å². The summed E-state index contributed by atoms with van der Waals surface area (Å²) in [6.07, 6.45) is -0.0742. The lowest BCUT2D eigenvalue weighted by Crippen LogP contribution is -2.15. The van der Waals surface area contributed by atoms with E-state index in [4.69, 9.17) is 4.74 Å². The third-order valence-electron chi connectivity index (χ3n) is 2.92. The van der Waals surface area contributed by atoms with Crippen molar-refractivity contribution in [2.75, 3.05) is 12.4 Å². The number of nitro groups is 1. The summed E-state index contributed by atoms with van der Waals surface area (Å²) in [5.41, 5.74) is 0.839. The van der Waals surface area contributed by atoms with Crippen LogP contribution < -0.4 is 10.1 Å². The average Bonchev–Trinajstić information content (AvgIpc) is 2.48. The lowest BCUT2D eigenvalue weighted by atomic mass is 10.1. The number of nitrogens with zero attached hydrogens (tertiary/aromatic N) is 1. The fraction of sp³-hybridized carbons (Fsp3) is 0.133. The molecule has 0 atom stereocenters. The summed E-state index contributed by atoms with van der Waals surface area (Å²) in [6.45, 7) is 0. The zero-order chi connectivity index (χ0) is 15.2. The van der Waals surface area contributed by atoms with Crippen molar-refractivity contribution in [3.05, 3.63) is 64.2 Å². The molecule has 1 N–H and O–H groups in total. The monoisotopic (exact) mass is 286 g/mol. The van der Waals surface area contributed by atoms with Crippen LogP contribution in [0.5, 0.6) is 5.75 Å². The van der Waals surface area contributed by atoms with Gasteiger partial charge in [0.25, 0.3) is 5.69 Å². The molecule has 1 amide bonds. The van der Waals surface area contributed by atoms with E-state index >= 15 is 0 Å². The Hall–Kier alpha value is -2.89. The van der Waals surface area contributed by atoms with Crippen molar-refractivity contribution in [2.45, 2.75) is 6.42 Å². The molecule has 0 saturated carbocycles. The largest absolute Gasteiger partial charge is 0.495 e. The Morgan fingerprint density at radius 1 is 1.19 bits per heavy atom. The molecule has 6 nitrogen and oxygen atoms in total. The SMILES string of the molecule is COc1ccccc1NC(=O)Cc1ccccc1[N+](=O)[O-]. The van der Waals surface area contributed by atoms with Gasteiger partial charge >= 0.3 is 0 Å². The van der Waals surface area contributed by atoms with Crippen molar-refractivity contribution >= 4 is 17.3 Å². The molecule has 0 spiro atoms. The minimum Gasteiger partial charge on any atom is -0.495 e. The van der Waals surface area contributed by atoms with Gasteiger partial charge in [-0.05, 0) is 12.1 Å². The van der Waals surface area contributed by atoms with Gasteiger partial charge in [-0.2, -0.15) is 0 Å². The molecule has 21 heavy (non-hydrogen) atoms. The van der Waals surface area contributed by atoms with Crippen LogP contribution in [0.1, 0.15) is 5.56 Å². The molecule has 0 unspecified atom stereocenters. The van der Waals surface area contributed by atoms with E-state index in [-0.39, 0.29) is 18.0 Å². The molecule has 0 aromatic heterocycles. The summed E-state index contributed by atoms with van der Waals surface area (Å²) >= 11 is 0. The lowest BCUT2D eigenvalue weighted by molar-refractivity contribution is -0.385. The fourth-order valence-corrected chi connectivity index (χ4v) is 1.95. The standard InChI is InChI=1S/C15H14N2O4/c1-21-14-9-5-3-7-12(14)16-15(18)10-11-6-2-4-8-13(11)17(19)20/h2-9H,10H2,1H3,(H,16,18). The first-order valence-corrected chi connectivity index (χ1v) is 6.27. The van der Waals surface area contributed by atoms with Gasteiger partial charge in [0.15, 0.2) is 0 Å². The fourth-order valence-electron chi connectivity index (χ4n) is 1.95. The highest BCUT2D eigenvalue weighted by Crippen LogP contribution is 2.24. The molecule has 2 aromatic carbocycles. The second-order valence-corrected chi connectivity index (χ2v) is 4.31. The van der Waals surface area contributed by atoms with E-state index in [1.54, 1.807) is 42.5 Å². The van der Waals surface area contributed by atoms with Crippen molar-refractivity contribution < 1.29 is 14.5 Å². The summed E-state index contributed by atoms with van der Waals surface area (Å²) in [5.74, 6) is 0.196. The van der Waals surface area contributed by atoms with Crippen LogP contribution in [-0.2, 0) is 11.2 Å². The number of methoxy groups -OCH3 is 1. The van der Waals surface area contributed by atoms with Crippen molar-refractivity contribution in [3.8, 4) is 5.75 Å². The van der Waals surface area contributed by atoms with Crippen LogP contribution in [0.25, 0.3) is 0 Å². The molecule has 0 aliphatic heterocycles. The van der Waals surface area contributed by atoms with Gasteiger partial charge in [-0.15, -0.1) is 0 Å². The maximum absolute atomic E-state index is 12.0. The second kappa shape index (κ2) is 6.51. The number of hydrogen-bond acceptors (Lipinski definition) is 4. The third-order valence-corrected chi connectivity index (χ3v) is 2.92. The Morgan fingerprint density at radius 3 is 2.57 bits per heavy atom. The quantitative estimate of drug-likeness (QED) is 0.677. The van der Waals surface area contributed by atoms with Crippen LogP contribution in [0.4, 0.5) is 11.4 Å². The second-order valence-electron chi connectivity index (χ2n) is 4.31. The molecule has 0 fully saturated rings. The molecule has 108 valence electrons. The van der Waals surface area contributed by atoms with Gasteiger partial charge in [0.05, 0.1) is 24.1 Å². The summed E-state index contributed by atoms with van der Waals surface area (Å²) in [6, 6.07) is 13.2. The molecule has 0 aliphatic carbocycles. The van der Waals surface area contributed by atoms with E-state index in [1.807, 2.05) is 0 Å². The Kier molecular flexibility index (Phi) is 4.50. The summed E-state index contributed by atoms with van der Waals surface area (Å²) in [7, 11) is 1.51. The zero-order valence-corrected chi connectivity index (χ0v) is 11.4. The van der Waals surface area contributed by atoms with Gasteiger partial charge in [-0.3, -0.25) is 14.9 Å². The summed E-state index contributed by atoms with van der Waals surface area (Å²) in [4.78, 5) is 22.5. The van der Waals surface area contributed by atoms with Gasteiger partial charge < -0.3 is 10.1 Å². The van der Waals surface area contributed by atoms with Gasteiger partial charge in [0.1, 0.15) is 5.75 Å². The number of nitrogens with one attached hydrogen (secondary N) is 1. The van der Waals surface area contributed by atoms with E-state index in [0.29, 0.717) is 17.0 Å². The lowest BCUT2D eigenvalue weighted by Gasteiger charge is -2.09. The van der Waals surface area contributed by atoms with Crippen LogP contribution in [0.15, 0.2) is 48.5 Å². The molecule has 0 aliphatic rings. The Morgan fingerprint density at radius 2 is 1.86 bits per heavy atom. The number of anilines is 1. The highest BCUT2D eigenvalue weighted by Gasteiger charge is 2.16. The highest BCUT2D eigenvalue weighted by molar-refractivity contribution is 5.94. The van der Waals surface area contributed by atoms with Crippen molar-refractivity contribution in [3.63, 3.8) is 0 Å². The molecule has 0 bridgehead atoms. The van der Waals surface area contributed by atoms with E-state index < -0.39 is 4.92 Å². The Labute approximate surface area is 121 Å². The zero-order valence-electron chi connectivity index (χ0n) is 11.4. The van der Waals surface area contributed by atoms with Gasteiger partial charge in [-0.25, -0.2) is 0 Å². The number of para-hydroxylation sites is 3. The van der Waals surface area contributed by atoms with Gasteiger partial charge in [0, 0.05) is 11.6 Å². The molecule has 0 heterocycles. The summed E-state index contributed by atoms with van der Waals surface area (Å²) < 4.78 is 5.14. The van der Waals surface area contributed by atoms with Gasteiger partial charge in [0.2, 0.25) is 5.91 Å². The Balaban J connectivity index is 2.14. The third kappa shape index (κ3) is 3.56. The summed E-state index contributed by atoms with van der Waals surface area (Å²) in [5, 5.41) is 13.6. The van der Waals surface area contributed by atoms with Crippen LogP contribution in [0.2, 0.25) is 0 Å². The first kappa shape index (κ1) is 14.5. The number of nitro benzene ring substituents is 1. The Bertz CT molecular complexity index is 670. The number of rotatable bonds is 5. The topological polar surface area (TPSA) is 81.5 Å². The number of carbonyl (C=O) groups excluding carboxylic acids is 1. The first-order chi connectivity index (χ1) is 10.1. The minimum atomic E-state index is -0.494. The number of ether oxygens (including phenoxy) is 1. The number of amides is 1. The van der Waals surface area contributed by atoms with Crippen molar-refractivity contribution in [1.29, 1.82) is 0 Å². The molecule has 6 heteroatoms. The molecule has 2 rings (SSSR count). The number of carbonyl (C=O) groups is 1. The maximum Gasteiger partial charge on any atom is 0.273 e. The van der Waals surface area contributed by atoms with Crippen molar-refractivity contribution in [2.24, 2.45) is 0 Å². The number of benzene rings is 2. The maximum atomic E-state index is 12.0. The minimum absolute atomic E-state index is 0.0623. The van der Waals surface area contributed by atoms with Crippen molar-refractivity contribution in [1.82, 2.24) is 0 Å². The smallest absolute Gasteiger partial charge is 0.273 e. The molecule has 0 saturated heterocycles. The normalized spacial score (nSPS) is 9.95. The molecule has 0 radical (unpaired) electrons. The molecular weight excluding hydrogens is 272 g/mol. The molecular formula is C15H14N2O4. The van der Waals surface area contributed by atoms with E-state index in [2.05, 4.69) is 5.32 Å². The molecule has 2 aromatic rings. The number of hydrogen-bond donors (Lipinski definition) is 1. The van der Waals surface area contributed by atoms with E-state index in [1.165, 1.54) is 13.2 Å². The highest BCUT2D eigenvalue weighted by atomic mass is 16.6. The van der Waals surface area contributed by atoms with Gasteiger partial charge in [-0.1, -0.05) is 30.3 Å². The average molecular weight is 286 g/mol. The van der Waals surface area contributed by atoms with Crippen LogP contribution in [-0.4, -0.2) is 17.9 Å².